The number of halogens is 4. The molecule has 0 amide bonds. The van der Waals surface area contributed by atoms with Gasteiger partial charge in [-0.25, -0.2) is 27.2 Å². The molecule has 0 spiro atoms. The number of alkyl halides is 1. The molecule has 0 heterocycles. The summed E-state index contributed by atoms with van der Waals surface area (Å²) in [6.45, 7) is 1.24. The van der Waals surface area contributed by atoms with E-state index in [0.717, 1.165) is 6.07 Å². The minimum atomic E-state index is -1.79. The SMILES string of the molecule is CCOC(=O)/C=C(\C(=O)OCC)N(CCF)c1ccc(F)c(F)c1F. The molecular formula is C16H17F4NO4. The van der Waals surface area contributed by atoms with Gasteiger partial charge in [-0.05, 0) is 26.0 Å². The van der Waals surface area contributed by atoms with E-state index < -0.39 is 54.0 Å². The first-order valence-electron chi connectivity index (χ1n) is 7.39. The number of hydrogen-bond acceptors (Lipinski definition) is 5. The highest BCUT2D eigenvalue weighted by Crippen LogP contribution is 2.27. The molecule has 0 radical (unpaired) electrons. The normalized spacial score (nSPS) is 11.2. The molecule has 1 aromatic carbocycles. The maximum atomic E-state index is 14.1. The molecule has 5 nitrogen and oxygen atoms in total. The highest BCUT2D eigenvalue weighted by Gasteiger charge is 2.26. The summed E-state index contributed by atoms with van der Waals surface area (Å²) in [5.41, 5.74) is -1.19. The lowest BCUT2D eigenvalue weighted by Crippen LogP contribution is -2.32. The predicted molar refractivity (Wildman–Crippen MR) is 81.0 cm³/mol. The summed E-state index contributed by atoms with van der Waals surface area (Å²) < 4.78 is 63.0. The van der Waals surface area contributed by atoms with Crippen LogP contribution in [0.15, 0.2) is 23.9 Å². The van der Waals surface area contributed by atoms with Gasteiger partial charge in [-0.15, -0.1) is 0 Å². The predicted octanol–water partition coefficient (Wildman–Crippen LogP) is 2.89. The zero-order valence-electron chi connectivity index (χ0n) is 13.7. The van der Waals surface area contributed by atoms with E-state index in [0.29, 0.717) is 17.0 Å². The first-order valence-corrected chi connectivity index (χ1v) is 7.39. The Bertz CT molecular complexity index is 664. The van der Waals surface area contributed by atoms with Gasteiger partial charge in [0.1, 0.15) is 12.4 Å². The molecule has 0 aliphatic rings. The van der Waals surface area contributed by atoms with Crippen molar-refractivity contribution < 1.29 is 36.6 Å². The summed E-state index contributed by atoms with van der Waals surface area (Å²) in [7, 11) is 0. The van der Waals surface area contributed by atoms with Crippen LogP contribution in [0.4, 0.5) is 23.2 Å². The van der Waals surface area contributed by atoms with Crippen LogP contribution in [0, 0.1) is 17.5 Å². The zero-order valence-corrected chi connectivity index (χ0v) is 13.7. The number of anilines is 1. The van der Waals surface area contributed by atoms with Gasteiger partial charge < -0.3 is 14.4 Å². The lowest BCUT2D eigenvalue weighted by Gasteiger charge is -2.25. The number of carbonyl (C=O) groups excluding carboxylic acids is 2. The number of hydrogen-bond donors (Lipinski definition) is 0. The molecule has 0 atom stereocenters. The molecule has 0 unspecified atom stereocenters. The Kier molecular flexibility index (Phi) is 7.90. The summed E-state index contributed by atoms with van der Waals surface area (Å²) in [5.74, 6) is -6.91. The van der Waals surface area contributed by atoms with Gasteiger partial charge in [0.05, 0.1) is 31.5 Å². The Labute approximate surface area is 141 Å². The van der Waals surface area contributed by atoms with Crippen LogP contribution in [0.1, 0.15) is 13.8 Å². The van der Waals surface area contributed by atoms with Gasteiger partial charge in [-0.3, -0.25) is 0 Å². The maximum Gasteiger partial charge on any atom is 0.355 e. The van der Waals surface area contributed by atoms with Crippen molar-refractivity contribution >= 4 is 17.6 Å². The second kappa shape index (κ2) is 9.65. The molecule has 0 fully saturated rings. The summed E-state index contributed by atoms with van der Waals surface area (Å²) in [6, 6.07) is 1.44. The molecule has 138 valence electrons. The van der Waals surface area contributed by atoms with Gasteiger partial charge in [0.2, 0.25) is 0 Å². The van der Waals surface area contributed by atoms with Gasteiger partial charge in [0.25, 0.3) is 0 Å². The molecule has 0 saturated carbocycles. The fourth-order valence-corrected chi connectivity index (χ4v) is 1.93. The van der Waals surface area contributed by atoms with Gasteiger partial charge in [0, 0.05) is 0 Å². The van der Waals surface area contributed by atoms with E-state index in [-0.39, 0.29) is 13.2 Å². The third-order valence-corrected chi connectivity index (χ3v) is 2.93. The van der Waals surface area contributed by atoms with Crippen molar-refractivity contribution in [3.63, 3.8) is 0 Å². The van der Waals surface area contributed by atoms with Crippen molar-refractivity contribution in [2.45, 2.75) is 13.8 Å². The maximum absolute atomic E-state index is 14.1. The standard InChI is InChI=1S/C16H17F4NO4/c1-3-24-13(22)9-12(16(23)25-4-2)21(8-7-17)11-6-5-10(18)14(19)15(11)20/h5-6,9H,3-4,7-8H2,1-2H3/b12-9+. The Hall–Kier alpha value is -2.58. The second-order valence-corrected chi connectivity index (χ2v) is 4.54. The van der Waals surface area contributed by atoms with Crippen molar-refractivity contribution in [1.82, 2.24) is 0 Å². The van der Waals surface area contributed by atoms with Crippen molar-refractivity contribution in [2.75, 3.05) is 31.3 Å². The second-order valence-electron chi connectivity index (χ2n) is 4.54. The van der Waals surface area contributed by atoms with Crippen LogP contribution in [-0.2, 0) is 19.1 Å². The molecule has 1 aromatic rings. The first-order chi connectivity index (χ1) is 11.9. The largest absolute Gasteiger partial charge is 0.463 e. The van der Waals surface area contributed by atoms with Crippen LogP contribution in [0.5, 0.6) is 0 Å². The van der Waals surface area contributed by atoms with Gasteiger partial charge in [-0.2, -0.15) is 0 Å². The van der Waals surface area contributed by atoms with Crippen LogP contribution in [0.3, 0.4) is 0 Å². The molecule has 9 heteroatoms. The van der Waals surface area contributed by atoms with E-state index in [1.54, 1.807) is 0 Å². The van der Waals surface area contributed by atoms with E-state index >= 15 is 0 Å². The molecular weight excluding hydrogens is 346 g/mol. The van der Waals surface area contributed by atoms with Crippen molar-refractivity contribution in [3.05, 3.63) is 41.4 Å². The molecule has 0 aromatic heterocycles. The minimum absolute atomic E-state index is 0.00587. The van der Waals surface area contributed by atoms with Crippen molar-refractivity contribution in [3.8, 4) is 0 Å². The number of nitrogens with zero attached hydrogens (tertiary/aromatic N) is 1. The van der Waals surface area contributed by atoms with E-state index in [4.69, 9.17) is 4.74 Å². The molecule has 25 heavy (non-hydrogen) atoms. The van der Waals surface area contributed by atoms with E-state index in [1.165, 1.54) is 13.8 Å². The summed E-state index contributed by atoms with van der Waals surface area (Å²) >= 11 is 0. The summed E-state index contributed by atoms with van der Waals surface area (Å²) in [4.78, 5) is 24.4. The van der Waals surface area contributed by atoms with Crippen LogP contribution in [0.2, 0.25) is 0 Å². The Morgan fingerprint density at radius 2 is 1.72 bits per heavy atom. The van der Waals surface area contributed by atoms with Gasteiger partial charge in [-0.1, -0.05) is 0 Å². The Morgan fingerprint density at radius 3 is 2.28 bits per heavy atom. The first kappa shape index (κ1) is 20.5. The van der Waals surface area contributed by atoms with Crippen LogP contribution in [-0.4, -0.2) is 38.4 Å². The quantitative estimate of drug-likeness (QED) is 0.308. The number of rotatable bonds is 8. The smallest absolute Gasteiger partial charge is 0.355 e. The average Bonchev–Trinajstić information content (AvgIpc) is 2.57. The third kappa shape index (κ3) is 5.20. The molecule has 0 saturated heterocycles. The number of carbonyl (C=O) groups is 2. The van der Waals surface area contributed by atoms with Gasteiger partial charge >= 0.3 is 11.9 Å². The molecule has 0 N–H and O–H groups in total. The minimum Gasteiger partial charge on any atom is -0.463 e. The Balaban J connectivity index is 3.45. The topological polar surface area (TPSA) is 55.8 Å². The lowest BCUT2D eigenvalue weighted by atomic mass is 10.2. The molecule has 0 aliphatic carbocycles. The number of ether oxygens (including phenoxy) is 2. The fraction of sp³-hybridized carbons (Fsp3) is 0.375. The van der Waals surface area contributed by atoms with Gasteiger partial charge in [0.15, 0.2) is 17.5 Å². The van der Waals surface area contributed by atoms with E-state index in [9.17, 15) is 27.2 Å². The number of esters is 2. The zero-order chi connectivity index (χ0) is 19.0. The van der Waals surface area contributed by atoms with Crippen molar-refractivity contribution in [2.24, 2.45) is 0 Å². The summed E-state index contributed by atoms with van der Waals surface area (Å²) in [5, 5.41) is 0. The van der Waals surface area contributed by atoms with Crippen LogP contribution >= 0.6 is 0 Å². The van der Waals surface area contributed by atoms with Crippen LogP contribution in [0.25, 0.3) is 0 Å². The van der Waals surface area contributed by atoms with Crippen molar-refractivity contribution in [1.29, 1.82) is 0 Å². The molecule has 0 bridgehead atoms. The molecule has 1 rings (SSSR count). The fourth-order valence-electron chi connectivity index (χ4n) is 1.93. The lowest BCUT2D eigenvalue weighted by molar-refractivity contribution is -0.141. The average molecular weight is 363 g/mol. The number of benzene rings is 1. The third-order valence-electron chi connectivity index (χ3n) is 2.93. The summed E-state index contributed by atoms with van der Waals surface area (Å²) in [6.07, 6.45) is 0.678. The highest BCUT2D eigenvalue weighted by molar-refractivity contribution is 5.99. The van der Waals surface area contributed by atoms with Crippen LogP contribution < -0.4 is 4.90 Å². The molecule has 0 aliphatic heterocycles. The Morgan fingerprint density at radius 1 is 1.08 bits per heavy atom. The highest BCUT2D eigenvalue weighted by atomic mass is 19.2. The van der Waals surface area contributed by atoms with E-state index in [2.05, 4.69) is 4.74 Å². The monoisotopic (exact) mass is 363 g/mol. The van der Waals surface area contributed by atoms with E-state index in [1.807, 2.05) is 0 Å².